The second-order valence-corrected chi connectivity index (χ2v) is 7.87. The molecule has 8 nitrogen and oxygen atoms in total. The number of nitrogens with one attached hydrogen (secondary N) is 1. The molecule has 9 heteroatoms. The lowest BCUT2D eigenvalue weighted by molar-refractivity contribution is -0.136. The Bertz CT molecular complexity index is 1080. The Morgan fingerprint density at radius 2 is 1.88 bits per heavy atom. The minimum Gasteiger partial charge on any atom is -0.497 e. The van der Waals surface area contributed by atoms with Crippen LogP contribution < -0.4 is 19.7 Å². The van der Waals surface area contributed by atoms with Crippen molar-refractivity contribution in [2.45, 2.75) is 13.0 Å². The third-order valence-corrected chi connectivity index (χ3v) is 5.72. The van der Waals surface area contributed by atoms with E-state index in [2.05, 4.69) is 5.32 Å². The zero-order valence-corrected chi connectivity index (χ0v) is 18.9. The number of rotatable bonds is 10. The van der Waals surface area contributed by atoms with Crippen LogP contribution >= 0.6 is 11.3 Å². The van der Waals surface area contributed by atoms with Gasteiger partial charge in [-0.3, -0.25) is 9.59 Å². The number of hydrogen-bond acceptors (Lipinski definition) is 7. The monoisotopic (exact) mass is 455 g/mol. The molecule has 0 radical (unpaired) electrons. The van der Waals surface area contributed by atoms with Crippen LogP contribution in [0.4, 0.5) is 5.13 Å². The molecule has 0 aliphatic heterocycles. The molecule has 3 aromatic rings. The Morgan fingerprint density at radius 1 is 1.12 bits per heavy atom. The van der Waals surface area contributed by atoms with Gasteiger partial charge < -0.3 is 24.8 Å². The predicted molar refractivity (Wildman–Crippen MR) is 124 cm³/mol. The van der Waals surface area contributed by atoms with Gasteiger partial charge in [-0.25, -0.2) is 4.98 Å². The zero-order valence-electron chi connectivity index (χ0n) is 18.1. The molecule has 0 fully saturated rings. The summed E-state index contributed by atoms with van der Waals surface area (Å²) in [6.07, 6.45) is -0.105. The lowest BCUT2D eigenvalue weighted by atomic mass is 10.1. The van der Waals surface area contributed by atoms with Crippen molar-refractivity contribution >= 4 is 28.3 Å². The zero-order chi connectivity index (χ0) is 23.1. The molecule has 0 atom stereocenters. The number of hydrogen-bond donors (Lipinski definition) is 2. The van der Waals surface area contributed by atoms with Gasteiger partial charge in [0, 0.05) is 36.6 Å². The number of thiazole rings is 1. The van der Waals surface area contributed by atoms with Crippen LogP contribution in [0.3, 0.4) is 0 Å². The predicted octanol–water partition coefficient (Wildman–Crippen LogP) is 3.67. The summed E-state index contributed by atoms with van der Waals surface area (Å²) in [5, 5.41) is 14.1. The fraction of sp³-hybridized carbons (Fsp3) is 0.261. The molecule has 2 N–H and O–H groups in total. The standard InChI is InChI=1S/C23H25N3O5S/c1-26(13-15-4-6-16(7-5-15)22(29)24-11-10-21(27)28)23-25-19(14-32-23)18-12-17(30-2)8-9-20(18)31-3/h4-9,12,14H,10-11,13H2,1-3H3,(H,24,29)(H,27,28). The first-order valence-corrected chi connectivity index (χ1v) is 10.8. The summed E-state index contributed by atoms with van der Waals surface area (Å²) < 4.78 is 10.8. The van der Waals surface area contributed by atoms with Gasteiger partial charge in [0.05, 0.1) is 26.3 Å². The number of methoxy groups -OCH3 is 2. The van der Waals surface area contributed by atoms with Crippen molar-refractivity contribution in [3.05, 3.63) is 59.0 Å². The Kier molecular flexibility index (Phi) is 7.67. The number of carbonyl (C=O) groups excluding carboxylic acids is 1. The average molecular weight is 456 g/mol. The molecule has 3 rings (SSSR count). The van der Waals surface area contributed by atoms with Gasteiger partial charge in [0.2, 0.25) is 0 Å². The summed E-state index contributed by atoms with van der Waals surface area (Å²) >= 11 is 1.53. The maximum atomic E-state index is 12.1. The maximum Gasteiger partial charge on any atom is 0.305 e. The molecule has 168 valence electrons. The van der Waals surface area contributed by atoms with Crippen LogP contribution in [0.25, 0.3) is 11.3 Å². The summed E-state index contributed by atoms with van der Waals surface area (Å²) in [4.78, 5) is 29.4. The second kappa shape index (κ2) is 10.6. The maximum absolute atomic E-state index is 12.1. The lowest BCUT2D eigenvalue weighted by Gasteiger charge is -2.16. The molecule has 0 spiro atoms. The van der Waals surface area contributed by atoms with Gasteiger partial charge in [-0.05, 0) is 35.9 Å². The van der Waals surface area contributed by atoms with Gasteiger partial charge in [-0.2, -0.15) is 0 Å². The van der Waals surface area contributed by atoms with Gasteiger partial charge in [0.15, 0.2) is 5.13 Å². The lowest BCUT2D eigenvalue weighted by Crippen LogP contribution is -2.26. The number of carbonyl (C=O) groups is 2. The van der Waals surface area contributed by atoms with E-state index in [4.69, 9.17) is 19.6 Å². The van der Waals surface area contributed by atoms with E-state index >= 15 is 0 Å². The first-order valence-electron chi connectivity index (χ1n) is 9.89. The van der Waals surface area contributed by atoms with Crippen LogP contribution in [-0.4, -0.2) is 49.8 Å². The third-order valence-electron chi connectivity index (χ3n) is 4.76. The van der Waals surface area contributed by atoms with Crippen LogP contribution in [0.15, 0.2) is 47.8 Å². The highest BCUT2D eigenvalue weighted by Gasteiger charge is 2.14. The van der Waals surface area contributed by atoms with Crippen LogP contribution in [0.2, 0.25) is 0 Å². The molecular weight excluding hydrogens is 430 g/mol. The molecule has 1 amide bonds. The van der Waals surface area contributed by atoms with Crippen molar-refractivity contribution in [3.8, 4) is 22.8 Å². The Morgan fingerprint density at radius 3 is 2.53 bits per heavy atom. The van der Waals surface area contributed by atoms with E-state index in [0.29, 0.717) is 12.1 Å². The highest BCUT2D eigenvalue weighted by Crippen LogP contribution is 2.35. The Hall–Kier alpha value is -3.59. The van der Waals surface area contributed by atoms with E-state index in [-0.39, 0.29) is 18.9 Å². The molecule has 1 heterocycles. The highest BCUT2D eigenvalue weighted by atomic mass is 32.1. The molecule has 0 aliphatic carbocycles. The van der Waals surface area contributed by atoms with E-state index in [9.17, 15) is 9.59 Å². The second-order valence-electron chi connectivity index (χ2n) is 7.03. The number of aliphatic carboxylic acids is 1. The summed E-state index contributed by atoms with van der Waals surface area (Å²) in [7, 11) is 5.20. The molecule has 2 aromatic carbocycles. The Labute approximate surface area is 190 Å². The van der Waals surface area contributed by atoms with Crippen molar-refractivity contribution in [3.63, 3.8) is 0 Å². The van der Waals surface area contributed by atoms with Crippen molar-refractivity contribution < 1.29 is 24.2 Å². The van der Waals surface area contributed by atoms with E-state index in [1.54, 1.807) is 26.4 Å². The number of anilines is 1. The minimum atomic E-state index is -0.945. The van der Waals surface area contributed by atoms with Gasteiger partial charge >= 0.3 is 5.97 Å². The fourth-order valence-corrected chi connectivity index (χ4v) is 3.86. The van der Waals surface area contributed by atoms with Crippen LogP contribution in [0, 0.1) is 0 Å². The minimum absolute atomic E-state index is 0.100. The van der Waals surface area contributed by atoms with Gasteiger partial charge in [-0.1, -0.05) is 12.1 Å². The quantitative estimate of drug-likeness (QED) is 0.481. The van der Waals surface area contributed by atoms with E-state index in [1.807, 2.05) is 47.7 Å². The molecule has 0 aliphatic rings. The number of carboxylic acid groups (broad SMARTS) is 1. The van der Waals surface area contributed by atoms with E-state index in [0.717, 1.165) is 33.5 Å². The summed E-state index contributed by atoms with van der Waals surface area (Å²) in [6, 6.07) is 12.8. The number of amides is 1. The smallest absolute Gasteiger partial charge is 0.305 e. The number of ether oxygens (including phenoxy) is 2. The molecule has 0 bridgehead atoms. The average Bonchev–Trinajstić information content (AvgIpc) is 3.29. The van der Waals surface area contributed by atoms with Crippen molar-refractivity contribution in [2.75, 3.05) is 32.7 Å². The first kappa shape index (κ1) is 23.1. The van der Waals surface area contributed by atoms with Crippen LogP contribution in [0.5, 0.6) is 11.5 Å². The first-order chi connectivity index (χ1) is 15.4. The van der Waals surface area contributed by atoms with Crippen molar-refractivity contribution in [1.29, 1.82) is 0 Å². The summed E-state index contributed by atoms with van der Waals surface area (Å²) in [6.45, 7) is 0.715. The molecule has 0 unspecified atom stereocenters. The Balaban J connectivity index is 1.66. The summed E-state index contributed by atoms with van der Waals surface area (Å²) in [5.41, 5.74) is 3.18. The molecule has 0 saturated carbocycles. The van der Waals surface area contributed by atoms with Crippen molar-refractivity contribution in [1.82, 2.24) is 10.3 Å². The van der Waals surface area contributed by atoms with Crippen LogP contribution in [0.1, 0.15) is 22.3 Å². The highest BCUT2D eigenvalue weighted by molar-refractivity contribution is 7.14. The SMILES string of the molecule is COc1ccc(OC)c(-c2csc(N(C)Cc3ccc(C(=O)NCCC(=O)O)cc3)n2)c1. The molecule has 0 saturated heterocycles. The van der Waals surface area contributed by atoms with Gasteiger partial charge in [-0.15, -0.1) is 11.3 Å². The normalized spacial score (nSPS) is 10.5. The molecular formula is C23H25N3O5S. The van der Waals surface area contributed by atoms with E-state index in [1.165, 1.54) is 11.3 Å². The summed E-state index contributed by atoms with van der Waals surface area (Å²) in [5.74, 6) is 0.222. The van der Waals surface area contributed by atoms with Gasteiger partial charge in [0.1, 0.15) is 11.5 Å². The topological polar surface area (TPSA) is 101 Å². The largest absolute Gasteiger partial charge is 0.497 e. The van der Waals surface area contributed by atoms with Crippen molar-refractivity contribution in [2.24, 2.45) is 0 Å². The number of benzene rings is 2. The number of aromatic nitrogens is 1. The fourth-order valence-electron chi connectivity index (χ4n) is 3.07. The number of carboxylic acids is 1. The number of nitrogens with zero attached hydrogens (tertiary/aromatic N) is 2. The van der Waals surface area contributed by atoms with Crippen LogP contribution in [-0.2, 0) is 11.3 Å². The molecule has 1 aromatic heterocycles. The van der Waals surface area contributed by atoms with Gasteiger partial charge in [0.25, 0.3) is 5.91 Å². The third kappa shape index (κ3) is 5.76. The molecule has 32 heavy (non-hydrogen) atoms. The van der Waals surface area contributed by atoms with E-state index < -0.39 is 5.97 Å².